The fourth-order valence-electron chi connectivity index (χ4n) is 5.45. The van der Waals surface area contributed by atoms with Gasteiger partial charge in [-0.1, -0.05) is 51.0 Å². The predicted octanol–water partition coefficient (Wildman–Crippen LogP) is 5.41. The van der Waals surface area contributed by atoms with Gasteiger partial charge in [0.15, 0.2) is 0 Å². The molecule has 3 amide bonds. The first-order valence-corrected chi connectivity index (χ1v) is 14.0. The molecular formula is C30H40N4O4. The van der Waals surface area contributed by atoms with E-state index in [1.165, 1.54) is 12.7 Å². The molecule has 1 aromatic carbocycles. The number of imide groups is 1. The lowest BCUT2D eigenvalue weighted by Crippen LogP contribution is -2.28. The molecule has 0 spiro atoms. The van der Waals surface area contributed by atoms with Gasteiger partial charge in [0.25, 0.3) is 5.91 Å². The molecule has 2 heterocycles. The molecule has 38 heavy (non-hydrogen) atoms. The Morgan fingerprint density at radius 3 is 2.45 bits per heavy atom. The standard InChI is InChI=1S/C30H40N4O4/c1-4-6-8-27-31-19-25(18-26-28(35)32-30(37)33(26)17-7-5-2)34(27)20-21-9-11-22(12-10-21)23-13-15-24(16-14-23)29(36)38-3/h9-12,18-19,23-24H,4-8,13-17,20H2,1-3H3,(H,32,35,37)/b26-18-. The number of imidazole rings is 1. The van der Waals surface area contributed by atoms with E-state index in [1.54, 1.807) is 17.2 Å². The number of carbonyl (C=O) groups excluding carboxylic acids is 3. The number of ether oxygens (including phenoxy) is 1. The van der Waals surface area contributed by atoms with Crippen LogP contribution >= 0.6 is 0 Å². The van der Waals surface area contributed by atoms with Crippen molar-refractivity contribution in [3.8, 4) is 0 Å². The van der Waals surface area contributed by atoms with Gasteiger partial charge < -0.3 is 9.30 Å². The van der Waals surface area contributed by atoms with E-state index < -0.39 is 0 Å². The van der Waals surface area contributed by atoms with Crippen LogP contribution < -0.4 is 5.32 Å². The Labute approximate surface area is 225 Å². The smallest absolute Gasteiger partial charge is 0.329 e. The van der Waals surface area contributed by atoms with Crippen LogP contribution in [0.3, 0.4) is 0 Å². The summed E-state index contributed by atoms with van der Waals surface area (Å²) in [6.45, 7) is 5.37. The van der Waals surface area contributed by atoms with Crippen molar-refractivity contribution in [2.75, 3.05) is 13.7 Å². The zero-order valence-electron chi connectivity index (χ0n) is 22.9. The molecule has 0 unspecified atom stereocenters. The third kappa shape index (κ3) is 6.34. The van der Waals surface area contributed by atoms with E-state index in [0.717, 1.165) is 74.9 Å². The number of aromatic nitrogens is 2. The summed E-state index contributed by atoms with van der Waals surface area (Å²) in [7, 11) is 1.47. The van der Waals surface area contributed by atoms with Crippen molar-refractivity contribution in [1.82, 2.24) is 19.8 Å². The van der Waals surface area contributed by atoms with Crippen LogP contribution in [0.15, 0.2) is 36.2 Å². The van der Waals surface area contributed by atoms with Crippen molar-refractivity contribution in [2.45, 2.75) is 84.1 Å². The molecule has 8 nitrogen and oxygen atoms in total. The average molecular weight is 521 g/mol. The Bertz CT molecular complexity index is 1160. The number of aryl methyl sites for hydroxylation is 1. The summed E-state index contributed by atoms with van der Waals surface area (Å²) in [6.07, 6.45) is 12.1. The van der Waals surface area contributed by atoms with E-state index in [0.29, 0.717) is 24.7 Å². The highest BCUT2D eigenvalue weighted by molar-refractivity contribution is 6.13. The second kappa shape index (κ2) is 12.9. The number of nitrogens with zero attached hydrogens (tertiary/aromatic N) is 3. The van der Waals surface area contributed by atoms with Crippen molar-refractivity contribution in [2.24, 2.45) is 5.92 Å². The summed E-state index contributed by atoms with van der Waals surface area (Å²) in [5, 5.41) is 2.43. The highest BCUT2D eigenvalue weighted by Gasteiger charge is 2.33. The number of hydrogen-bond acceptors (Lipinski definition) is 5. The molecule has 1 aliphatic heterocycles. The number of methoxy groups -OCH3 is 1. The number of benzene rings is 1. The first-order valence-electron chi connectivity index (χ1n) is 14.0. The van der Waals surface area contributed by atoms with Crippen LogP contribution in [0.25, 0.3) is 6.08 Å². The Morgan fingerprint density at radius 1 is 1.08 bits per heavy atom. The number of carbonyl (C=O) groups is 3. The molecule has 8 heteroatoms. The van der Waals surface area contributed by atoms with E-state index in [9.17, 15) is 14.4 Å². The van der Waals surface area contributed by atoms with Gasteiger partial charge in [-0.15, -0.1) is 0 Å². The molecule has 204 valence electrons. The Balaban J connectivity index is 1.53. The number of urea groups is 1. The van der Waals surface area contributed by atoms with E-state index in [1.807, 2.05) is 0 Å². The van der Waals surface area contributed by atoms with Crippen LogP contribution in [0.2, 0.25) is 0 Å². The van der Waals surface area contributed by atoms with Gasteiger partial charge in [-0.3, -0.25) is 19.8 Å². The lowest BCUT2D eigenvalue weighted by molar-refractivity contribution is -0.146. The Kier molecular flexibility index (Phi) is 9.37. The number of esters is 1. The van der Waals surface area contributed by atoms with Gasteiger partial charge in [0.1, 0.15) is 11.5 Å². The molecular weight excluding hydrogens is 480 g/mol. The number of amides is 3. The van der Waals surface area contributed by atoms with Crippen LogP contribution in [0.1, 0.15) is 93.8 Å². The monoisotopic (exact) mass is 520 g/mol. The van der Waals surface area contributed by atoms with Crippen molar-refractivity contribution in [3.05, 3.63) is 58.8 Å². The fraction of sp³-hybridized carbons (Fsp3) is 0.533. The molecule has 2 aliphatic rings. The minimum Gasteiger partial charge on any atom is -0.469 e. The molecule has 1 aliphatic carbocycles. The zero-order valence-corrected chi connectivity index (χ0v) is 22.9. The zero-order chi connectivity index (χ0) is 27.1. The molecule has 2 fully saturated rings. The molecule has 4 rings (SSSR count). The van der Waals surface area contributed by atoms with Gasteiger partial charge in [0.2, 0.25) is 0 Å². The van der Waals surface area contributed by atoms with Gasteiger partial charge in [0, 0.05) is 19.5 Å². The number of hydrogen-bond donors (Lipinski definition) is 1. The third-order valence-electron chi connectivity index (χ3n) is 7.79. The van der Waals surface area contributed by atoms with Crippen LogP contribution in [0.5, 0.6) is 0 Å². The van der Waals surface area contributed by atoms with Crippen LogP contribution in [0, 0.1) is 5.92 Å². The van der Waals surface area contributed by atoms with Crippen LogP contribution in [-0.2, 0) is 27.3 Å². The molecule has 0 radical (unpaired) electrons. The van der Waals surface area contributed by atoms with Gasteiger partial charge in [-0.25, -0.2) is 9.78 Å². The highest BCUT2D eigenvalue weighted by atomic mass is 16.5. The molecule has 0 atom stereocenters. The molecule has 1 saturated carbocycles. The highest BCUT2D eigenvalue weighted by Crippen LogP contribution is 2.36. The first-order chi connectivity index (χ1) is 18.4. The number of rotatable bonds is 11. The topological polar surface area (TPSA) is 93.5 Å². The van der Waals surface area contributed by atoms with Gasteiger partial charge in [0.05, 0.1) is 24.9 Å². The molecule has 1 aromatic heterocycles. The largest absolute Gasteiger partial charge is 0.469 e. The van der Waals surface area contributed by atoms with Crippen LogP contribution in [0.4, 0.5) is 4.79 Å². The first kappa shape index (κ1) is 27.6. The molecule has 1 saturated heterocycles. The summed E-state index contributed by atoms with van der Waals surface area (Å²) >= 11 is 0. The van der Waals surface area contributed by atoms with E-state index in [2.05, 4.69) is 53.0 Å². The van der Waals surface area contributed by atoms with Crippen molar-refractivity contribution < 1.29 is 19.1 Å². The van der Waals surface area contributed by atoms with Gasteiger partial charge >= 0.3 is 12.0 Å². The quantitative estimate of drug-likeness (QED) is 0.243. The molecule has 0 bridgehead atoms. The number of unbranched alkanes of at least 4 members (excludes halogenated alkanes) is 2. The van der Waals surface area contributed by atoms with Crippen molar-refractivity contribution in [3.63, 3.8) is 0 Å². The fourth-order valence-corrected chi connectivity index (χ4v) is 5.45. The van der Waals surface area contributed by atoms with E-state index in [-0.39, 0.29) is 23.8 Å². The van der Waals surface area contributed by atoms with E-state index >= 15 is 0 Å². The molecule has 1 N–H and O–H groups in total. The maximum absolute atomic E-state index is 12.6. The summed E-state index contributed by atoms with van der Waals surface area (Å²) in [4.78, 5) is 43.0. The Morgan fingerprint density at radius 2 is 1.79 bits per heavy atom. The minimum absolute atomic E-state index is 0.0287. The minimum atomic E-state index is -0.361. The summed E-state index contributed by atoms with van der Waals surface area (Å²) in [5.41, 5.74) is 3.67. The van der Waals surface area contributed by atoms with Crippen LogP contribution in [-0.4, -0.2) is 46.0 Å². The van der Waals surface area contributed by atoms with Crippen molar-refractivity contribution >= 4 is 24.0 Å². The molecule has 2 aromatic rings. The maximum Gasteiger partial charge on any atom is 0.329 e. The lowest BCUT2D eigenvalue weighted by atomic mass is 9.78. The maximum atomic E-state index is 12.6. The Hall–Kier alpha value is -3.42. The summed E-state index contributed by atoms with van der Waals surface area (Å²) < 4.78 is 7.08. The van der Waals surface area contributed by atoms with Gasteiger partial charge in [-0.05, 0) is 61.6 Å². The summed E-state index contributed by atoms with van der Waals surface area (Å²) in [6, 6.07) is 8.38. The normalized spacial score (nSPS) is 20.7. The SMILES string of the molecule is CCCCc1ncc(/C=C2/C(=O)NC(=O)N2CCCC)n1Cc1ccc(C2CCC(C(=O)OC)CC2)cc1. The van der Waals surface area contributed by atoms with Crippen molar-refractivity contribution in [1.29, 1.82) is 0 Å². The second-order valence-electron chi connectivity index (χ2n) is 10.4. The third-order valence-corrected chi connectivity index (χ3v) is 7.79. The average Bonchev–Trinajstić information content (AvgIpc) is 3.44. The number of nitrogens with one attached hydrogen (secondary N) is 1. The summed E-state index contributed by atoms with van der Waals surface area (Å²) in [5.74, 6) is 1.03. The van der Waals surface area contributed by atoms with Gasteiger partial charge in [-0.2, -0.15) is 0 Å². The van der Waals surface area contributed by atoms with E-state index in [4.69, 9.17) is 4.74 Å². The predicted molar refractivity (Wildman–Crippen MR) is 146 cm³/mol. The second-order valence-corrected chi connectivity index (χ2v) is 10.4. The lowest BCUT2D eigenvalue weighted by Gasteiger charge is -2.27.